The third-order valence-corrected chi connectivity index (χ3v) is 5.03. The number of aromatic nitrogens is 2. The predicted molar refractivity (Wildman–Crippen MR) is 106 cm³/mol. The van der Waals surface area contributed by atoms with Crippen LogP contribution in [-0.4, -0.2) is 38.9 Å². The Morgan fingerprint density at radius 2 is 1.90 bits per heavy atom. The number of carbonyl (C=O) groups excluding carboxylic acids is 2. The van der Waals surface area contributed by atoms with E-state index in [9.17, 15) is 14.0 Å². The van der Waals surface area contributed by atoms with E-state index in [1.165, 1.54) is 24.7 Å². The lowest BCUT2D eigenvalue weighted by Crippen LogP contribution is -2.52. The van der Waals surface area contributed by atoms with E-state index in [0.717, 1.165) is 12.0 Å². The SMILES string of the molecule is O=C(NC1CCCN(Cc2ccccc2)C1=O)c1cncn1-c1ccc(F)cc1. The first kappa shape index (κ1) is 18.9. The average Bonchev–Trinajstić information content (AvgIpc) is 3.22. The topological polar surface area (TPSA) is 67.2 Å². The van der Waals surface area contributed by atoms with Crippen LogP contribution in [-0.2, 0) is 11.3 Å². The number of likely N-dealkylation sites (tertiary alicyclic amines) is 1. The number of piperidine rings is 1. The highest BCUT2D eigenvalue weighted by Crippen LogP contribution is 2.17. The highest BCUT2D eigenvalue weighted by atomic mass is 19.1. The van der Waals surface area contributed by atoms with E-state index in [4.69, 9.17) is 0 Å². The third-order valence-electron chi connectivity index (χ3n) is 5.03. The Morgan fingerprint density at radius 3 is 2.66 bits per heavy atom. The molecule has 2 aromatic carbocycles. The van der Waals surface area contributed by atoms with Crippen molar-refractivity contribution in [2.24, 2.45) is 0 Å². The Bertz CT molecular complexity index is 1000. The molecule has 3 aromatic rings. The molecular weight excluding hydrogens is 371 g/mol. The number of halogens is 1. The van der Waals surface area contributed by atoms with Crippen molar-refractivity contribution in [2.45, 2.75) is 25.4 Å². The summed E-state index contributed by atoms with van der Waals surface area (Å²) in [5, 5.41) is 2.84. The molecule has 1 fully saturated rings. The van der Waals surface area contributed by atoms with Crippen molar-refractivity contribution >= 4 is 11.8 Å². The maximum absolute atomic E-state index is 13.2. The van der Waals surface area contributed by atoms with Gasteiger partial charge in [0.05, 0.1) is 12.5 Å². The van der Waals surface area contributed by atoms with Crippen LogP contribution in [0.3, 0.4) is 0 Å². The lowest BCUT2D eigenvalue weighted by molar-refractivity contribution is -0.136. The molecule has 4 rings (SSSR count). The summed E-state index contributed by atoms with van der Waals surface area (Å²) in [5.41, 5.74) is 1.97. The molecule has 2 heterocycles. The third kappa shape index (κ3) is 4.18. The van der Waals surface area contributed by atoms with E-state index in [0.29, 0.717) is 30.9 Å². The van der Waals surface area contributed by atoms with Gasteiger partial charge in [-0.05, 0) is 42.7 Å². The maximum atomic E-state index is 13.2. The number of rotatable bonds is 5. The Balaban J connectivity index is 1.46. The number of hydrogen-bond acceptors (Lipinski definition) is 3. The molecule has 1 aliphatic rings. The van der Waals surface area contributed by atoms with Gasteiger partial charge in [-0.1, -0.05) is 30.3 Å². The quantitative estimate of drug-likeness (QED) is 0.726. The molecule has 7 heteroatoms. The molecule has 0 aliphatic carbocycles. The van der Waals surface area contributed by atoms with Crippen LogP contribution in [0.4, 0.5) is 4.39 Å². The van der Waals surface area contributed by atoms with E-state index in [2.05, 4.69) is 10.3 Å². The molecule has 1 N–H and O–H groups in total. The molecule has 148 valence electrons. The van der Waals surface area contributed by atoms with E-state index in [1.807, 2.05) is 30.3 Å². The molecule has 0 spiro atoms. The Hall–Kier alpha value is -3.48. The maximum Gasteiger partial charge on any atom is 0.270 e. The van der Waals surface area contributed by atoms with Gasteiger partial charge in [0.1, 0.15) is 17.6 Å². The minimum Gasteiger partial charge on any atom is -0.339 e. The number of nitrogens with one attached hydrogen (secondary N) is 1. The van der Waals surface area contributed by atoms with Crippen molar-refractivity contribution in [1.29, 1.82) is 0 Å². The summed E-state index contributed by atoms with van der Waals surface area (Å²) in [6, 6.07) is 15.0. The first-order valence-electron chi connectivity index (χ1n) is 9.53. The van der Waals surface area contributed by atoms with Crippen LogP contribution in [0, 0.1) is 5.82 Å². The van der Waals surface area contributed by atoms with Crippen LogP contribution >= 0.6 is 0 Å². The lowest BCUT2D eigenvalue weighted by Gasteiger charge is -2.32. The zero-order chi connectivity index (χ0) is 20.2. The second kappa shape index (κ2) is 8.26. The largest absolute Gasteiger partial charge is 0.339 e. The van der Waals surface area contributed by atoms with Gasteiger partial charge in [0.15, 0.2) is 0 Å². The molecule has 1 saturated heterocycles. The summed E-state index contributed by atoms with van der Waals surface area (Å²) in [7, 11) is 0. The molecule has 6 nitrogen and oxygen atoms in total. The number of nitrogens with zero attached hydrogens (tertiary/aromatic N) is 3. The summed E-state index contributed by atoms with van der Waals surface area (Å²) in [4.78, 5) is 31.5. The number of carbonyl (C=O) groups is 2. The standard InChI is InChI=1S/C22H21FN4O2/c23-17-8-10-18(11-9-17)27-15-24-13-20(27)21(28)25-19-7-4-12-26(22(19)29)14-16-5-2-1-3-6-16/h1-3,5-6,8-11,13,15,19H,4,7,12,14H2,(H,25,28). The molecule has 1 atom stereocenters. The summed E-state index contributed by atoms with van der Waals surface area (Å²) >= 11 is 0. The molecule has 0 bridgehead atoms. The van der Waals surface area contributed by atoms with Gasteiger partial charge in [-0.3, -0.25) is 14.2 Å². The lowest BCUT2D eigenvalue weighted by atomic mass is 10.0. The fraction of sp³-hybridized carbons (Fsp3) is 0.227. The normalized spacial score (nSPS) is 16.7. The van der Waals surface area contributed by atoms with E-state index in [-0.39, 0.29) is 17.6 Å². The minimum atomic E-state index is -0.573. The Kier molecular flexibility index (Phi) is 5.37. The Labute approximate surface area is 168 Å². The molecule has 1 aromatic heterocycles. The van der Waals surface area contributed by atoms with Crippen LogP contribution < -0.4 is 5.32 Å². The second-order valence-electron chi connectivity index (χ2n) is 7.04. The van der Waals surface area contributed by atoms with Crippen molar-refractivity contribution in [1.82, 2.24) is 19.8 Å². The molecule has 29 heavy (non-hydrogen) atoms. The molecule has 2 amide bonds. The highest BCUT2D eigenvalue weighted by Gasteiger charge is 2.30. The number of amides is 2. The highest BCUT2D eigenvalue weighted by molar-refractivity contribution is 5.96. The van der Waals surface area contributed by atoms with Gasteiger partial charge in [-0.15, -0.1) is 0 Å². The molecule has 1 unspecified atom stereocenters. The van der Waals surface area contributed by atoms with Crippen molar-refractivity contribution in [3.05, 3.63) is 84.2 Å². The average molecular weight is 392 g/mol. The monoisotopic (exact) mass is 392 g/mol. The zero-order valence-corrected chi connectivity index (χ0v) is 15.8. The van der Waals surface area contributed by atoms with Gasteiger partial charge in [0.25, 0.3) is 5.91 Å². The van der Waals surface area contributed by atoms with Gasteiger partial charge in [0.2, 0.25) is 5.91 Å². The number of benzene rings is 2. The summed E-state index contributed by atoms with van der Waals surface area (Å²) in [5.74, 6) is -0.820. The van der Waals surface area contributed by atoms with Gasteiger partial charge in [-0.25, -0.2) is 9.37 Å². The fourth-order valence-corrected chi connectivity index (χ4v) is 3.54. The first-order chi connectivity index (χ1) is 14.1. The van der Waals surface area contributed by atoms with Crippen LogP contribution in [0.2, 0.25) is 0 Å². The summed E-state index contributed by atoms with van der Waals surface area (Å²) in [6.07, 6.45) is 4.35. The van der Waals surface area contributed by atoms with E-state index in [1.54, 1.807) is 21.6 Å². The molecule has 1 aliphatic heterocycles. The second-order valence-corrected chi connectivity index (χ2v) is 7.04. The predicted octanol–water partition coefficient (Wildman–Crippen LogP) is 2.93. The van der Waals surface area contributed by atoms with Gasteiger partial charge in [0, 0.05) is 18.8 Å². The number of hydrogen-bond donors (Lipinski definition) is 1. The first-order valence-corrected chi connectivity index (χ1v) is 9.53. The van der Waals surface area contributed by atoms with E-state index >= 15 is 0 Å². The fourth-order valence-electron chi connectivity index (χ4n) is 3.54. The summed E-state index contributed by atoms with van der Waals surface area (Å²) < 4.78 is 14.8. The van der Waals surface area contributed by atoms with Gasteiger partial charge >= 0.3 is 0 Å². The minimum absolute atomic E-state index is 0.0821. The number of imidazole rings is 1. The Morgan fingerprint density at radius 1 is 1.14 bits per heavy atom. The molecular formula is C22H21FN4O2. The molecule has 0 radical (unpaired) electrons. The zero-order valence-electron chi connectivity index (χ0n) is 15.8. The van der Waals surface area contributed by atoms with Crippen LogP contribution in [0.15, 0.2) is 67.1 Å². The van der Waals surface area contributed by atoms with Crippen LogP contribution in [0.25, 0.3) is 5.69 Å². The van der Waals surface area contributed by atoms with E-state index < -0.39 is 6.04 Å². The van der Waals surface area contributed by atoms with Crippen molar-refractivity contribution in [3.63, 3.8) is 0 Å². The van der Waals surface area contributed by atoms with Crippen LogP contribution in [0.5, 0.6) is 0 Å². The van der Waals surface area contributed by atoms with Crippen LogP contribution in [0.1, 0.15) is 28.9 Å². The van der Waals surface area contributed by atoms with Crippen molar-refractivity contribution in [3.8, 4) is 5.69 Å². The van der Waals surface area contributed by atoms with Crippen molar-refractivity contribution < 1.29 is 14.0 Å². The summed E-state index contributed by atoms with van der Waals surface area (Å²) in [6.45, 7) is 1.20. The van der Waals surface area contributed by atoms with Gasteiger partial charge in [-0.2, -0.15) is 0 Å². The van der Waals surface area contributed by atoms with Crippen molar-refractivity contribution in [2.75, 3.05) is 6.54 Å². The molecule has 0 saturated carbocycles. The van der Waals surface area contributed by atoms with Gasteiger partial charge < -0.3 is 10.2 Å². The smallest absolute Gasteiger partial charge is 0.270 e.